The monoisotopic (exact) mass is 338 g/mol. The Bertz CT molecular complexity index is 277. The maximum Gasteiger partial charge on any atom is 0.185 e. The number of thioether (sulfide) groups is 2. The minimum absolute atomic E-state index is 0.109. The van der Waals surface area contributed by atoms with Crippen molar-refractivity contribution >= 4 is 56.6 Å². The molecule has 0 heterocycles. The highest BCUT2D eigenvalue weighted by Gasteiger charge is 2.39. The van der Waals surface area contributed by atoms with Crippen molar-refractivity contribution in [2.24, 2.45) is 0 Å². The first-order valence-electron chi connectivity index (χ1n) is 5.43. The highest BCUT2D eigenvalue weighted by Crippen LogP contribution is 2.32. The van der Waals surface area contributed by atoms with Crippen LogP contribution in [0, 0.1) is 0 Å². The largest absolute Gasteiger partial charge is 0.226 e. The van der Waals surface area contributed by atoms with Crippen molar-refractivity contribution in [3.05, 3.63) is 0 Å². The molecule has 7 heteroatoms. The van der Waals surface area contributed by atoms with E-state index in [1.54, 1.807) is 0 Å². The van der Waals surface area contributed by atoms with E-state index in [1.165, 1.54) is 23.5 Å². The number of rotatable bonds is 8. The van der Waals surface area contributed by atoms with E-state index >= 15 is 0 Å². The van der Waals surface area contributed by atoms with Crippen molar-refractivity contribution < 1.29 is 8.42 Å². The second-order valence-corrected chi connectivity index (χ2v) is 9.46. The lowest BCUT2D eigenvalue weighted by atomic mass is 10.4. The molecule has 2 nitrogen and oxygen atoms in total. The predicted molar refractivity (Wildman–Crippen MR) is 83.4 cm³/mol. The number of hydrogen-bond acceptors (Lipinski definition) is 4. The van der Waals surface area contributed by atoms with E-state index < -0.39 is 19.3 Å². The van der Waals surface area contributed by atoms with Crippen molar-refractivity contribution in [3.63, 3.8) is 0 Å². The quantitative estimate of drug-likeness (QED) is 0.630. The maximum absolute atomic E-state index is 12.3. The van der Waals surface area contributed by atoms with Gasteiger partial charge in [0.05, 0.1) is 0 Å². The SMILES string of the molecule is CCC(SC)C(Cl)S(=O)(=O)C(Cl)C(CC)SC. The standard InChI is InChI=1S/C10H20Cl2O2S3/c1-5-7(15-3)9(11)17(13,14)10(12)8(6-2)16-4/h7-10H,5-6H2,1-4H3. The summed E-state index contributed by atoms with van der Waals surface area (Å²) in [7, 11) is -3.50. The Morgan fingerprint density at radius 3 is 1.41 bits per heavy atom. The van der Waals surface area contributed by atoms with Crippen LogP contribution in [-0.4, -0.2) is 40.8 Å². The molecule has 0 bridgehead atoms. The summed E-state index contributed by atoms with van der Waals surface area (Å²) in [6.45, 7) is 3.86. The van der Waals surface area contributed by atoms with Gasteiger partial charge in [0.25, 0.3) is 0 Å². The summed E-state index contributed by atoms with van der Waals surface area (Å²) in [5.74, 6) is 0. The Labute approximate surface area is 124 Å². The summed E-state index contributed by atoms with van der Waals surface area (Å²) in [6, 6.07) is 0. The van der Waals surface area contributed by atoms with Crippen molar-refractivity contribution in [2.75, 3.05) is 12.5 Å². The number of sulfone groups is 1. The van der Waals surface area contributed by atoms with Crippen molar-refractivity contribution in [3.8, 4) is 0 Å². The second kappa shape index (κ2) is 8.41. The molecule has 0 saturated heterocycles. The zero-order valence-electron chi connectivity index (χ0n) is 10.5. The van der Waals surface area contributed by atoms with Gasteiger partial charge in [0.1, 0.15) is 9.42 Å². The van der Waals surface area contributed by atoms with E-state index in [9.17, 15) is 8.42 Å². The topological polar surface area (TPSA) is 34.1 Å². The van der Waals surface area contributed by atoms with Crippen LogP contribution < -0.4 is 0 Å². The molecule has 4 unspecified atom stereocenters. The van der Waals surface area contributed by atoms with Gasteiger partial charge in [0, 0.05) is 10.5 Å². The van der Waals surface area contributed by atoms with Gasteiger partial charge >= 0.3 is 0 Å². The molecule has 0 radical (unpaired) electrons. The summed E-state index contributed by atoms with van der Waals surface area (Å²) in [4.78, 5) is 0. The van der Waals surface area contributed by atoms with Crippen LogP contribution in [0.3, 0.4) is 0 Å². The van der Waals surface area contributed by atoms with Crippen molar-refractivity contribution in [1.29, 1.82) is 0 Å². The van der Waals surface area contributed by atoms with Crippen LogP contribution in [0.2, 0.25) is 0 Å². The van der Waals surface area contributed by atoms with Gasteiger partial charge in [0.2, 0.25) is 0 Å². The number of hydrogen-bond donors (Lipinski definition) is 0. The predicted octanol–water partition coefficient (Wildman–Crippen LogP) is 3.81. The van der Waals surface area contributed by atoms with E-state index in [4.69, 9.17) is 23.2 Å². The van der Waals surface area contributed by atoms with Gasteiger partial charge in [-0.2, -0.15) is 23.5 Å². The van der Waals surface area contributed by atoms with Crippen LogP contribution in [0.1, 0.15) is 26.7 Å². The van der Waals surface area contributed by atoms with Gasteiger partial charge in [-0.05, 0) is 25.4 Å². The average Bonchev–Trinajstić information content (AvgIpc) is 2.31. The van der Waals surface area contributed by atoms with Crippen LogP contribution in [-0.2, 0) is 9.84 Å². The van der Waals surface area contributed by atoms with Gasteiger partial charge in [-0.1, -0.05) is 13.8 Å². The molecule has 17 heavy (non-hydrogen) atoms. The first kappa shape index (κ1) is 18.2. The van der Waals surface area contributed by atoms with E-state index in [-0.39, 0.29) is 10.5 Å². The van der Waals surface area contributed by atoms with Gasteiger partial charge in [-0.15, -0.1) is 23.2 Å². The Hall–Kier alpha value is 1.23. The highest BCUT2D eigenvalue weighted by atomic mass is 35.5. The molecule has 0 aromatic carbocycles. The zero-order valence-corrected chi connectivity index (χ0v) is 14.5. The first-order valence-corrected chi connectivity index (χ1v) is 10.5. The maximum atomic E-state index is 12.3. The molecule has 0 aromatic rings. The van der Waals surface area contributed by atoms with Crippen LogP contribution in [0.25, 0.3) is 0 Å². The summed E-state index contributed by atoms with van der Waals surface area (Å²) in [5.41, 5.74) is 0. The molecule has 4 atom stereocenters. The molecule has 0 aliphatic heterocycles. The molecule has 0 spiro atoms. The minimum atomic E-state index is -3.50. The van der Waals surface area contributed by atoms with Gasteiger partial charge in [-0.25, -0.2) is 8.42 Å². The summed E-state index contributed by atoms with van der Waals surface area (Å²) in [5, 5.41) is -0.218. The smallest absolute Gasteiger partial charge is 0.185 e. The van der Waals surface area contributed by atoms with Gasteiger partial charge < -0.3 is 0 Å². The normalized spacial score (nSPS) is 19.6. The van der Waals surface area contributed by atoms with E-state index in [1.807, 2.05) is 26.4 Å². The molecule has 0 aromatic heterocycles. The molecule has 0 aliphatic carbocycles. The lowest BCUT2D eigenvalue weighted by Crippen LogP contribution is -2.37. The number of halogens is 2. The highest BCUT2D eigenvalue weighted by molar-refractivity contribution is 8.03. The minimum Gasteiger partial charge on any atom is -0.226 e. The van der Waals surface area contributed by atoms with E-state index in [2.05, 4.69) is 0 Å². The molecule has 104 valence electrons. The zero-order chi connectivity index (χ0) is 13.6. The third-order valence-electron chi connectivity index (χ3n) is 2.62. The molecule has 0 amide bonds. The Kier molecular flexibility index (Phi) is 9.02. The number of alkyl halides is 2. The molecular formula is C10H20Cl2O2S3. The summed E-state index contributed by atoms with van der Waals surface area (Å²) >= 11 is 15.1. The molecular weight excluding hydrogens is 319 g/mol. The Morgan fingerprint density at radius 1 is 0.941 bits per heavy atom. The fraction of sp³-hybridized carbons (Fsp3) is 1.00. The van der Waals surface area contributed by atoms with E-state index in [0.717, 1.165) is 0 Å². The molecule has 0 N–H and O–H groups in total. The van der Waals surface area contributed by atoms with Crippen LogP contribution >= 0.6 is 46.7 Å². The lowest BCUT2D eigenvalue weighted by molar-refractivity contribution is 0.582. The average molecular weight is 339 g/mol. The molecule has 0 rings (SSSR count). The first-order chi connectivity index (χ1) is 7.86. The fourth-order valence-electron chi connectivity index (χ4n) is 1.47. The lowest BCUT2D eigenvalue weighted by Gasteiger charge is -2.25. The fourth-order valence-corrected chi connectivity index (χ4v) is 7.43. The van der Waals surface area contributed by atoms with Crippen molar-refractivity contribution in [2.45, 2.75) is 46.6 Å². The van der Waals surface area contributed by atoms with Crippen LogP contribution in [0.5, 0.6) is 0 Å². The van der Waals surface area contributed by atoms with E-state index in [0.29, 0.717) is 12.8 Å². The Morgan fingerprint density at radius 2 is 1.24 bits per heavy atom. The van der Waals surface area contributed by atoms with Crippen LogP contribution in [0.15, 0.2) is 0 Å². The van der Waals surface area contributed by atoms with Crippen molar-refractivity contribution in [1.82, 2.24) is 0 Å². The molecule has 0 fully saturated rings. The molecule has 0 aliphatic rings. The van der Waals surface area contributed by atoms with Crippen LogP contribution in [0.4, 0.5) is 0 Å². The third-order valence-corrected chi connectivity index (χ3v) is 9.70. The van der Waals surface area contributed by atoms with Gasteiger partial charge in [0.15, 0.2) is 9.84 Å². The summed E-state index contributed by atoms with van der Waals surface area (Å²) < 4.78 is 22.7. The Balaban J connectivity index is 4.99. The third kappa shape index (κ3) is 4.68. The molecule has 0 saturated carbocycles. The second-order valence-electron chi connectivity index (χ2n) is 3.66. The van der Waals surface area contributed by atoms with Gasteiger partial charge in [-0.3, -0.25) is 0 Å². The summed E-state index contributed by atoms with van der Waals surface area (Å²) in [6.07, 6.45) is 5.17.